The number of carbonyl (C=O) groups excluding carboxylic acids is 2. The van der Waals surface area contributed by atoms with Crippen molar-refractivity contribution < 1.29 is 36.3 Å². The molecule has 186 valence electrons. The van der Waals surface area contributed by atoms with Gasteiger partial charge >= 0.3 is 6.18 Å². The Morgan fingerprint density at radius 1 is 1.23 bits per heavy atom. The zero-order chi connectivity index (χ0) is 26.1. The third kappa shape index (κ3) is 5.70. The van der Waals surface area contributed by atoms with Crippen LogP contribution in [0.2, 0.25) is 5.02 Å². The van der Waals surface area contributed by atoms with E-state index in [2.05, 4.69) is 10.3 Å². The molecule has 35 heavy (non-hydrogen) atoms. The predicted molar refractivity (Wildman–Crippen MR) is 121 cm³/mol. The predicted octanol–water partition coefficient (Wildman–Crippen LogP) is 5.98. The fraction of sp³-hybridized carbons (Fsp3) is 0.227. The number of ether oxygens (including phenoxy) is 1. The highest BCUT2D eigenvalue weighted by molar-refractivity contribution is 7.15. The molecule has 2 amide bonds. The molecule has 0 fully saturated rings. The molecular weight excluding hydrogens is 517 g/mol. The largest absolute Gasteiger partial charge is 0.480 e. The maximum absolute atomic E-state index is 15.1. The Bertz CT molecular complexity index is 1280. The van der Waals surface area contributed by atoms with Crippen LogP contribution in [-0.4, -0.2) is 29.1 Å². The van der Waals surface area contributed by atoms with Crippen molar-refractivity contribution >= 4 is 40.4 Å². The first-order chi connectivity index (χ1) is 16.3. The average Bonchev–Trinajstić information content (AvgIpc) is 3.21. The number of anilines is 1. The molecule has 6 nitrogen and oxygen atoms in total. The second-order valence-electron chi connectivity index (χ2n) is 7.19. The van der Waals surface area contributed by atoms with Crippen molar-refractivity contribution in [1.82, 2.24) is 4.98 Å². The average molecular weight is 534 g/mol. The van der Waals surface area contributed by atoms with Gasteiger partial charge in [-0.05, 0) is 37.6 Å². The Hall–Kier alpha value is -3.25. The normalized spacial score (nSPS) is 12.3. The van der Waals surface area contributed by atoms with Gasteiger partial charge in [0.2, 0.25) is 0 Å². The molecule has 0 aliphatic heterocycles. The van der Waals surface area contributed by atoms with Gasteiger partial charge in [0.25, 0.3) is 11.8 Å². The van der Waals surface area contributed by atoms with Crippen LogP contribution in [0.25, 0.3) is 10.6 Å². The van der Waals surface area contributed by atoms with Crippen molar-refractivity contribution in [3.8, 4) is 16.3 Å². The topological polar surface area (TPSA) is 94.3 Å². The minimum Gasteiger partial charge on any atom is -0.480 e. The summed E-state index contributed by atoms with van der Waals surface area (Å²) in [6.45, 7) is 2.41. The van der Waals surface area contributed by atoms with Crippen molar-refractivity contribution in [2.45, 2.75) is 32.5 Å². The van der Waals surface area contributed by atoms with E-state index in [4.69, 9.17) is 22.1 Å². The van der Waals surface area contributed by atoms with Crippen LogP contribution in [0.5, 0.6) is 5.75 Å². The van der Waals surface area contributed by atoms with Crippen LogP contribution < -0.4 is 15.8 Å². The van der Waals surface area contributed by atoms with Crippen LogP contribution in [-0.2, 0) is 6.42 Å². The molecule has 0 unspecified atom stereocenters. The number of aromatic nitrogens is 1. The third-order valence-electron chi connectivity index (χ3n) is 4.76. The summed E-state index contributed by atoms with van der Waals surface area (Å²) in [4.78, 5) is 28.9. The SMILES string of the molecule is CCc1sc(-c2cc(O[C@@H](C)C(F)(F)F)c(C(=O)Nc3c(F)cccc3Cl)cc2F)nc1C(N)=O. The quantitative estimate of drug-likeness (QED) is 0.365. The van der Waals surface area contributed by atoms with Crippen molar-refractivity contribution in [1.29, 1.82) is 0 Å². The number of benzene rings is 2. The first kappa shape index (κ1) is 26.4. The van der Waals surface area contributed by atoms with E-state index in [9.17, 15) is 27.2 Å². The van der Waals surface area contributed by atoms with Gasteiger partial charge < -0.3 is 15.8 Å². The van der Waals surface area contributed by atoms with Crippen LogP contribution in [0.4, 0.5) is 27.6 Å². The summed E-state index contributed by atoms with van der Waals surface area (Å²) in [7, 11) is 0. The number of rotatable bonds is 7. The van der Waals surface area contributed by atoms with E-state index in [1.165, 1.54) is 12.1 Å². The number of nitrogens with two attached hydrogens (primary N) is 1. The van der Waals surface area contributed by atoms with Gasteiger partial charge in [0.15, 0.2) is 6.10 Å². The van der Waals surface area contributed by atoms with Gasteiger partial charge in [-0.25, -0.2) is 13.8 Å². The number of nitrogens with one attached hydrogen (secondary N) is 1. The lowest BCUT2D eigenvalue weighted by Gasteiger charge is -2.20. The highest BCUT2D eigenvalue weighted by Gasteiger charge is 2.39. The zero-order valence-electron chi connectivity index (χ0n) is 18.1. The summed E-state index contributed by atoms with van der Waals surface area (Å²) < 4.78 is 73.7. The lowest BCUT2D eigenvalue weighted by molar-refractivity contribution is -0.189. The van der Waals surface area contributed by atoms with Crippen LogP contribution in [0.1, 0.15) is 39.6 Å². The molecule has 0 radical (unpaired) electrons. The van der Waals surface area contributed by atoms with E-state index in [1.807, 2.05) is 0 Å². The number of alkyl halides is 3. The van der Waals surface area contributed by atoms with E-state index < -0.39 is 52.7 Å². The first-order valence-corrected chi connectivity index (χ1v) is 11.1. The smallest absolute Gasteiger partial charge is 0.425 e. The molecule has 1 atom stereocenters. The molecule has 0 saturated heterocycles. The Morgan fingerprint density at radius 2 is 1.91 bits per heavy atom. The van der Waals surface area contributed by atoms with E-state index >= 15 is 4.39 Å². The van der Waals surface area contributed by atoms with Crippen molar-refractivity contribution in [3.05, 3.63) is 63.1 Å². The maximum Gasteiger partial charge on any atom is 0.425 e. The number of carbonyl (C=O) groups is 2. The van der Waals surface area contributed by atoms with Gasteiger partial charge in [-0.2, -0.15) is 13.2 Å². The lowest BCUT2D eigenvalue weighted by Crippen LogP contribution is -2.32. The Labute approximate surface area is 204 Å². The summed E-state index contributed by atoms with van der Waals surface area (Å²) in [6.07, 6.45) is -6.85. The molecular formula is C22H17ClF5N3O3S. The van der Waals surface area contributed by atoms with Gasteiger partial charge in [0.1, 0.15) is 28.1 Å². The molecule has 2 aromatic carbocycles. The standard InChI is InChI=1S/C22H17ClF5N3O3S/c1-3-16-18(19(29)32)31-21(35-16)10-8-15(34-9(2)22(26,27)28)11(7-14(10)25)20(33)30-17-12(23)5-4-6-13(17)24/h4-9H,3H2,1-2H3,(H2,29,32)(H,30,33)/t9-/m0/s1. The number of nitrogens with zero attached hydrogens (tertiary/aromatic N) is 1. The monoisotopic (exact) mass is 533 g/mol. The molecule has 0 bridgehead atoms. The van der Waals surface area contributed by atoms with Gasteiger partial charge in [-0.15, -0.1) is 11.3 Å². The summed E-state index contributed by atoms with van der Waals surface area (Å²) >= 11 is 6.80. The molecule has 0 aliphatic rings. The van der Waals surface area contributed by atoms with Crippen LogP contribution in [0, 0.1) is 11.6 Å². The van der Waals surface area contributed by atoms with E-state index in [0.29, 0.717) is 24.3 Å². The third-order valence-corrected chi connectivity index (χ3v) is 6.31. The van der Waals surface area contributed by atoms with Crippen molar-refractivity contribution in [3.63, 3.8) is 0 Å². The van der Waals surface area contributed by atoms with Gasteiger partial charge in [0.05, 0.1) is 16.3 Å². The molecule has 0 aliphatic carbocycles. The lowest BCUT2D eigenvalue weighted by atomic mass is 10.1. The Balaban J connectivity index is 2.12. The fourth-order valence-electron chi connectivity index (χ4n) is 2.95. The highest BCUT2D eigenvalue weighted by Crippen LogP contribution is 2.37. The molecule has 0 saturated carbocycles. The van der Waals surface area contributed by atoms with Gasteiger partial charge in [0, 0.05) is 10.4 Å². The van der Waals surface area contributed by atoms with Gasteiger partial charge in [-0.3, -0.25) is 9.59 Å². The zero-order valence-corrected chi connectivity index (χ0v) is 19.7. The summed E-state index contributed by atoms with van der Waals surface area (Å²) in [6, 6.07) is 5.04. The number of primary amides is 1. The fourth-order valence-corrected chi connectivity index (χ4v) is 4.18. The number of para-hydroxylation sites is 1. The van der Waals surface area contributed by atoms with Crippen molar-refractivity contribution in [2.24, 2.45) is 5.73 Å². The van der Waals surface area contributed by atoms with E-state index in [-0.39, 0.29) is 21.3 Å². The molecule has 13 heteroatoms. The molecule has 0 spiro atoms. The number of hydrogen-bond acceptors (Lipinski definition) is 5. The Morgan fingerprint density at radius 3 is 2.46 bits per heavy atom. The molecule has 3 aromatic rings. The second kappa shape index (κ2) is 10.2. The second-order valence-corrected chi connectivity index (χ2v) is 8.68. The number of amides is 2. The highest BCUT2D eigenvalue weighted by atomic mass is 35.5. The summed E-state index contributed by atoms with van der Waals surface area (Å²) in [5.41, 5.74) is 3.78. The van der Waals surface area contributed by atoms with Crippen LogP contribution in [0.15, 0.2) is 30.3 Å². The Kier molecular flexibility index (Phi) is 7.65. The maximum atomic E-state index is 15.1. The minimum absolute atomic E-state index is 0.0539. The van der Waals surface area contributed by atoms with Crippen molar-refractivity contribution in [2.75, 3.05) is 5.32 Å². The number of aryl methyl sites for hydroxylation is 1. The molecule has 3 rings (SSSR count). The van der Waals surface area contributed by atoms with E-state index in [0.717, 1.165) is 23.5 Å². The molecule has 1 heterocycles. The number of halogens is 6. The molecule has 1 aromatic heterocycles. The molecule has 3 N–H and O–H groups in total. The van der Waals surface area contributed by atoms with Gasteiger partial charge in [-0.1, -0.05) is 24.6 Å². The number of hydrogen-bond donors (Lipinski definition) is 2. The first-order valence-electron chi connectivity index (χ1n) is 9.95. The minimum atomic E-state index is -4.81. The summed E-state index contributed by atoms with van der Waals surface area (Å²) in [5.74, 6) is -4.63. The van der Waals surface area contributed by atoms with Crippen LogP contribution in [0.3, 0.4) is 0 Å². The van der Waals surface area contributed by atoms with Crippen LogP contribution >= 0.6 is 22.9 Å². The number of thiazole rings is 1. The van der Waals surface area contributed by atoms with E-state index in [1.54, 1.807) is 6.92 Å². The summed E-state index contributed by atoms with van der Waals surface area (Å²) in [5, 5.41) is 1.88.